The average Bonchev–Trinajstić information content (AvgIpc) is 2.59. The van der Waals surface area contributed by atoms with Crippen molar-refractivity contribution >= 4 is 35.4 Å². The number of anilines is 2. The predicted molar refractivity (Wildman–Crippen MR) is 91.2 cm³/mol. The zero-order valence-electron chi connectivity index (χ0n) is 12.9. The quantitative estimate of drug-likeness (QED) is 0.862. The lowest BCUT2D eigenvalue weighted by Crippen LogP contribution is -2.34. The van der Waals surface area contributed by atoms with Crippen LogP contribution in [0.3, 0.4) is 0 Å². The number of hydrogen-bond acceptors (Lipinski definition) is 4. The van der Waals surface area contributed by atoms with Crippen LogP contribution in [0.25, 0.3) is 0 Å². The van der Waals surface area contributed by atoms with Gasteiger partial charge in [-0.2, -0.15) is 0 Å². The van der Waals surface area contributed by atoms with Gasteiger partial charge in [-0.1, -0.05) is 17.7 Å². The number of nitrogens with zero attached hydrogens (tertiary/aromatic N) is 1. The Kier molecular flexibility index (Phi) is 4.57. The van der Waals surface area contributed by atoms with E-state index in [1.165, 1.54) is 0 Å². The lowest BCUT2D eigenvalue weighted by Gasteiger charge is -2.22. The van der Waals surface area contributed by atoms with Gasteiger partial charge in [0, 0.05) is 16.8 Å². The summed E-state index contributed by atoms with van der Waals surface area (Å²) in [6.45, 7) is 2.73. The average molecular weight is 347 g/mol. The fraction of sp³-hybridized carbons (Fsp3) is 0.176. The Bertz CT molecular complexity index is 794. The highest BCUT2D eigenvalue weighted by molar-refractivity contribution is 6.31. The number of benzene rings is 2. The summed E-state index contributed by atoms with van der Waals surface area (Å²) in [6.07, 6.45) is 0.445. The molecule has 0 fully saturated rings. The van der Waals surface area contributed by atoms with Gasteiger partial charge < -0.3 is 14.8 Å². The minimum atomic E-state index is -0.591. The Labute approximate surface area is 143 Å². The van der Waals surface area contributed by atoms with Crippen LogP contribution in [-0.4, -0.2) is 25.7 Å². The SMILES string of the molecule is Cc1ccc(Cl)cc1NC(=O)N(C=O)c1ccc2c(c1)OCCO2. The summed E-state index contributed by atoms with van der Waals surface area (Å²) in [4.78, 5) is 24.8. The Morgan fingerprint density at radius 2 is 1.92 bits per heavy atom. The minimum absolute atomic E-state index is 0.381. The molecule has 0 unspecified atom stereocenters. The molecule has 1 heterocycles. The Balaban J connectivity index is 1.84. The lowest BCUT2D eigenvalue weighted by atomic mass is 10.2. The van der Waals surface area contributed by atoms with Crippen LogP contribution in [0.5, 0.6) is 11.5 Å². The number of fused-ring (bicyclic) bond motifs is 1. The van der Waals surface area contributed by atoms with Crippen molar-refractivity contribution in [2.24, 2.45) is 0 Å². The van der Waals surface area contributed by atoms with Gasteiger partial charge in [0.15, 0.2) is 11.5 Å². The van der Waals surface area contributed by atoms with E-state index in [0.29, 0.717) is 47.5 Å². The maximum atomic E-state index is 12.4. The maximum Gasteiger partial charge on any atom is 0.332 e. The molecule has 0 radical (unpaired) electrons. The summed E-state index contributed by atoms with van der Waals surface area (Å²) in [7, 11) is 0. The molecule has 24 heavy (non-hydrogen) atoms. The zero-order chi connectivity index (χ0) is 17.1. The molecule has 1 aliphatic heterocycles. The molecule has 1 N–H and O–H groups in total. The molecule has 1 aliphatic rings. The molecule has 0 bridgehead atoms. The van der Waals surface area contributed by atoms with Crippen molar-refractivity contribution in [1.29, 1.82) is 0 Å². The molecule has 124 valence electrons. The monoisotopic (exact) mass is 346 g/mol. The molecule has 0 spiro atoms. The van der Waals surface area contributed by atoms with Gasteiger partial charge in [0.05, 0.1) is 5.69 Å². The first kappa shape index (κ1) is 16.1. The first-order valence-electron chi connectivity index (χ1n) is 7.30. The highest BCUT2D eigenvalue weighted by Crippen LogP contribution is 2.34. The molecule has 2 aromatic rings. The molecule has 6 nitrogen and oxygen atoms in total. The minimum Gasteiger partial charge on any atom is -0.486 e. The Morgan fingerprint density at radius 3 is 2.67 bits per heavy atom. The van der Waals surface area contributed by atoms with Crippen LogP contribution in [0.1, 0.15) is 5.56 Å². The molecule has 7 heteroatoms. The van der Waals surface area contributed by atoms with E-state index in [2.05, 4.69) is 5.32 Å². The summed E-state index contributed by atoms with van der Waals surface area (Å²) < 4.78 is 10.9. The Morgan fingerprint density at radius 1 is 1.17 bits per heavy atom. The smallest absolute Gasteiger partial charge is 0.332 e. The number of rotatable bonds is 3. The number of hydrogen-bond donors (Lipinski definition) is 1. The fourth-order valence-corrected chi connectivity index (χ4v) is 2.48. The summed E-state index contributed by atoms with van der Waals surface area (Å²) in [5.74, 6) is 1.08. The summed E-state index contributed by atoms with van der Waals surface area (Å²) >= 11 is 5.95. The topological polar surface area (TPSA) is 67.9 Å². The van der Waals surface area contributed by atoms with Gasteiger partial charge in [-0.3, -0.25) is 4.79 Å². The molecule has 3 rings (SSSR count). The molecule has 0 saturated carbocycles. The van der Waals surface area contributed by atoms with Crippen LogP contribution in [0.2, 0.25) is 5.02 Å². The number of carbonyl (C=O) groups is 2. The highest BCUT2D eigenvalue weighted by Gasteiger charge is 2.19. The number of ether oxygens (including phenoxy) is 2. The molecule has 3 amide bonds. The van der Waals surface area contributed by atoms with E-state index in [1.54, 1.807) is 36.4 Å². The predicted octanol–water partition coefficient (Wildman–Crippen LogP) is 3.61. The number of imide groups is 1. The summed E-state index contributed by atoms with van der Waals surface area (Å²) in [5, 5.41) is 3.17. The van der Waals surface area contributed by atoms with Crippen LogP contribution in [0.15, 0.2) is 36.4 Å². The second kappa shape index (κ2) is 6.80. The van der Waals surface area contributed by atoms with Crippen LogP contribution in [0, 0.1) is 6.92 Å². The number of nitrogens with one attached hydrogen (secondary N) is 1. The third kappa shape index (κ3) is 3.28. The fourth-order valence-electron chi connectivity index (χ4n) is 2.31. The van der Waals surface area contributed by atoms with E-state index in [-0.39, 0.29) is 0 Å². The van der Waals surface area contributed by atoms with E-state index in [0.717, 1.165) is 10.5 Å². The van der Waals surface area contributed by atoms with Crippen LogP contribution in [0.4, 0.5) is 16.2 Å². The first-order chi connectivity index (χ1) is 11.6. The van der Waals surface area contributed by atoms with E-state index >= 15 is 0 Å². The second-order valence-corrected chi connectivity index (χ2v) is 5.63. The van der Waals surface area contributed by atoms with Crippen molar-refractivity contribution in [3.05, 3.63) is 47.0 Å². The molecule has 0 aliphatic carbocycles. The van der Waals surface area contributed by atoms with Crippen molar-refractivity contribution in [2.45, 2.75) is 6.92 Å². The van der Waals surface area contributed by atoms with Crippen molar-refractivity contribution in [3.8, 4) is 11.5 Å². The molecule has 0 atom stereocenters. The Hall–Kier alpha value is -2.73. The normalized spacial score (nSPS) is 12.4. The van der Waals surface area contributed by atoms with Crippen LogP contribution >= 0.6 is 11.6 Å². The number of carbonyl (C=O) groups excluding carboxylic acids is 2. The van der Waals surface area contributed by atoms with Crippen molar-refractivity contribution in [1.82, 2.24) is 0 Å². The number of urea groups is 1. The van der Waals surface area contributed by atoms with E-state index < -0.39 is 6.03 Å². The van der Waals surface area contributed by atoms with Gasteiger partial charge in [0.2, 0.25) is 6.41 Å². The van der Waals surface area contributed by atoms with E-state index in [4.69, 9.17) is 21.1 Å². The van der Waals surface area contributed by atoms with Crippen LogP contribution in [-0.2, 0) is 4.79 Å². The summed E-state index contributed by atoms with van der Waals surface area (Å²) in [5.41, 5.74) is 1.75. The summed E-state index contributed by atoms with van der Waals surface area (Å²) in [6, 6.07) is 9.42. The third-order valence-corrected chi connectivity index (χ3v) is 3.80. The molecule has 2 aromatic carbocycles. The van der Waals surface area contributed by atoms with E-state index in [1.807, 2.05) is 6.92 Å². The van der Waals surface area contributed by atoms with E-state index in [9.17, 15) is 9.59 Å². The zero-order valence-corrected chi connectivity index (χ0v) is 13.7. The second-order valence-electron chi connectivity index (χ2n) is 5.19. The van der Waals surface area contributed by atoms with Crippen molar-refractivity contribution in [2.75, 3.05) is 23.4 Å². The van der Waals surface area contributed by atoms with Gasteiger partial charge in [-0.15, -0.1) is 0 Å². The van der Waals surface area contributed by atoms with Crippen LogP contribution < -0.4 is 19.7 Å². The van der Waals surface area contributed by atoms with Gasteiger partial charge in [-0.05, 0) is 36.8 Å². The van der Waals surface area contributed by atoms with Crippen molar-refractivity contribution in [3.63, 3.8) is 0 Å². The third-order valence-electron chi connectivity index (χ3n) is 3.57. The lowest BCUT2D eigenvalue weighted by molar-refractivity contribution is -0.106. The molecule has 0 aromatic heterocycles. The van der Waals surface area contributed by atoms with Gasteiger partial charge >= 0.3 is 6.03 Å². The molecular weight excluding hydrogens is 332 g/mol. The number of amides is 3. The van der Waals surface area contributed by atoms with Gasteiger partial charge in [-0.25, -0.2) is 9.69 Å². The maximum absolute atomic E-state index is 12.4. The largest absolute Gasteiger partial charge is 0.486 e. The van der Waals surface area contributed by atoms with Crippen molar-refractivity contribution < 1.29 is 19.1 Å². The van der Waals surface area contributed by atoms with Gasteiger partial charge in [0.1, 0.15) is 13.2 Å². The number of halogens is 1. The molecular formula is C17H15ClN2O4. The highest BCUT2D eigenvalue weighted by atomic mass is 35.5. The van der Waals surface area contributed by atoms with Gasteiger partial charge in [0.25, 0.3) is 0 Å². The first-order valence-corrected chi connectivity index (χ1v) is 7.67. The number of aryl methyl sites for hydroxylation is 1. The molecule has 0 saturated heterocycles. The standard InChI is InChI=1S/C17H15ClN2O4/c1-11-2-3-12(18)8-14(11)19-17(22)20(10-21)13-4-5-15-16(9-13)24-7-6-23-15/h2-5,8-10H,6-7H2,1H3,(H,19,22).